The van der Waals surface area contributed by atoms with Gasteiger partial charge in [-0.15, -0.1) is 12.4 Å². The molecule has 9 heteroatoms. The van der Waals surface area contributed by atoms with E-state index in [9.17, 15) is 27.5 Å². The number of rotatable bonds is 7. The Hall–Kier alpha value is -2.94. The van der Waals surface area contributed by atoms with Gasteiger partial charge in [0.25, 0.3) is 0 Å². The first-order chi connectivity index (χ1) is 17.7. The minimum Gasteiger partial charge on any atom is -0.481 e. The smallest absolute Gasteiger partial charge is 0.416 e. The predicted octanol–water partition coefficient (Wildman–Crippen LogP) is 6.39. The zero-order valence-corrected chi connectivity index (χ0v) is 21.2. The maximum absolute atomic E-state index is 14.0. The highest BCUT2D eigenvalue weighted by Crippen LogP contribution is 2.46. The summed E-state index contributed by atoms with van der Waals surface area (Å²) < 4.78 is 60.2. The van der Waals surface area contributed by atoms with Crippen molar-refractivity contribution in [2.24, 2.45) is 11.8 Å². The van der Waals surface area contributed by atoms with Crippen molar-refractivity contribution in [3.63, 3.8) is 0 Å². The molecule has 5 atom stereocenters. The topological polar surface area (TPSA) is 49.8 Å². The molecule has 3 heterocycles. The number of alkyl halides is 3. The number of carbonyl (C=O) groups is 1. The maximum atomic E-state index is 14.0. The maximum Gasteiger partial charge on any atom is 0.416 e. The fraction of sp³-hybridized carbons (Fsp3) is 0.345. The number of aliphatic carboxylic acids is 1. The van der Waals surface area contributed by atoms with E-state index in [0.29, 0.717) is 25.6 Å². The summed E-state index contributed by atoms with van der Waals surface area (Å²) in [6, 6.07) is 21.9. The Morgan fingerprint density at radius 1 is 1.00 bits per heavy atom. The third-order valence-electron chi connectivity index (χ3n) is 7.58. The average molecular weight is 550 g/mol. The van der Waals surface area contributed by atoms with Crippen molar-refractivity contribution >= 4 is 18.4 Å². The summed E-state index contributed by atoms with van der Waals surface area (Å²) in [5.74, 6) is -3.03. The Bertz CT molecular complexity index is 1200. The van der Waals surface area contributed by atoms with E-state index in [2.05, 4.69) is 4.90 Å². The molecular formula is C29H28ClF4NO3. The second kappa shape index (κ2) is 11.4. The predicted molar refractivity (Wildman–Crippen MR) is 137 cm³/mol. The normalized spacial score (nSPS) is 24.7. The highest BCUT2D eigenvalue weighted by Gasteiger charge is 2.53. The number of halogens is 5. The Balaban J connectivity index is 0.00000336. The molecule has 0 amide bonds. The van der Waals surface area contributed by atoms with Gasteiger partial charge in [-0.25, -0.2) is 4.39 Å². The fourth-order valence-electron chi connectivity index (χ4n) is 6.00. The summed E-state index contributed by atoms with van der Waals surface area (Å²) in [7, 11) is 0. The number of carboxylic acid groups (broad SMARTS) is 1. The molecule has 202 valence electrons. The van der Waals surface area contributed by atoms with E-state index in [1.54, 1.807) is 0 Å². The summed E-state index contributed by atoms with van der Waals surface area (Å²) in [5.41, 5.74) is 1.06. The van der Waals surface area contributed by atoms with Crippen LogP contribution in [0.3, 0.4) is 0 Å². The van der Waals surface area contributed by atoms with E-state index < -0.39 is 35.5 Å². The second-order valence-electron chi connectivity index (χ2n) is 9.80. The van der Waals surface area contributed by atoms with Crippen molar-refractivity contribution in [3.8, 4) is 0 Å². The Morgan fingerprint density at radius 3 is 2.16 bits per heavy atom. The monoisotopic (exact) mass is 549 g/mol. The van der Waals surface area contributed by atoms with Gasteiger partial charge in [0.1, 0.15) is 5.82 Å². The number of benzene rings is 3. The first-order valence-electron chi connectivity index (χ1n) is 12.3. The standard InChI is InChI=1S/C29H27F4NO3.ClH/c30-22-14-18(13-21(15-22)29(31,32)33)17-37-27-23-11-12-34(16-24(23)28(35)36)26(27)25(19-7-3-1-4-8-19)20-9-5-2-6-10-20;/h1-10,13-15,23-27H,11-12,16-17H2,(H,35,36);1H/t23-,24-,26-,27+;/m1./s1. The van der Waals surface area contributed by atoms with E-state index in [1.165, 1.54) is 0 Å². The highest BCUT2D eigenvalue weighted by atomic mass is 35.5. The van der Waals surface area contributed by atoms with Crippen LogP contribution in [0, 0.1) is 17.7 Å². The molecule has 1 unspecified atom stereocenters. The van der Waals surface area contributed by atoms with Gasteiger partial charge < -0.3 is 9.84 Å². The van der Waals surface area contributed by atoms with E-state index in [0.717, 1.165) is 23.3 Å². The number of hydrogen-bond acceptors (Lipinski definition) is 3. The highest BCUT2D eigenvalue weighted by molar-refractivity contribution is 5.85. The first-order valence-corrected chi connectivity index (χ1v) is 12.3. The van der Waals surface area contributed by atoms with Crippen LogP contribution in [0.25, 0.3) is 0 Å². The second-order valence-corrected chi connectivity index (χ2v) is 9.80. The molecule has 0 aromatic heterocycles. The molecule has 3 aliphatic rings. The molecule has 3 aromatic carbocycles. The number of nitrogens with zero attached hydrogens (tertiary/aromatic N) is 1. The van der Waals surface area contributed by atoms with Gasteiger partial charge >= 0.3 is 12.1 Å². The molecule has 2 bridgehead atoms. The van der Waals surface area contributed by atoms with Crippen LogP contribution in [0.4, 0.5) is 17.6 Å². The van der Waals surface area contributed by atoms with Crippen molar-refractivity contribution in [2.45, 2.75) is 37.3 Å². The van der Waals surface area contributed by atoms with Gasteiger partial charge in [-0.1, -0.05) is 60.7 Å². The molecule has 3 fully saturated rings. The SMILES string of the molecule is Cl.O=C(O)[C@@H]1CN2CC[C@H]1[C@H](OCc1cc(F)cc(C(F)(F)F)c1)[C@H]2C(c1ccccc1)c1ccccc1. The molecule has 0 saturated carbocycles. The minimum absolute atomic E-state index is 0. The van der Waals surface area contributed by atoms with Gasteiger partial charge in [0, 0.05) is 24.4 Å². The molecule has 6 rings (SSSR count). The van der Waals surface area contributed by atoms with Gasteiger partial charge in [0.2, 0.25) is 0 Å². The quantitative estimate of drug-likeness (QED) is 0.347. The van der Waals surface area contributed by atoms with Gasteiger partial charge in [-0.3, -0.25) is 9.69 Å². The van der Waals surface area contributed by atoms with Gasteiger partial charge in [-0.2, -0.15) is 13.2 Å². The number of ether oxygens (including phenoxy) is 1. The van der Waals surface area contributed by atoms with Crippen LogP contribution < -0.4 is 0 Å². The Morgan fingerprint density at radius 2 is 1.61 bits per heavy atom. The number of carboxylic acids is 1. The van der Waals surface area contributed by atoms with Crippen molar-refractivity contribution in [3.05, 3.63) is 107 Å². The van der Waals surface area contributed by atoms with Crippen molar-refractivity contribution in [2.75, 3.05) is 13.1 Å². The van der Waals surface area contributed by atoms with Gasteiger partial charge in [0.05, 0.1) is 24.2 Å². The van der Waals surface area contributed by atoms with E-state index in [4.69, 9.17) is 4.74 Å². The van der Waals surface area contributed by atoms with Crippen LogP contribution in [-0.2, 0) is 22.3 Å². The minimum atomic E-state index is -4.69. The molecule has 4 nitrogen and oxygen atoms in total. The van der Waals surface area contributed by atoms with Crippen LogP contribution in [0.5, 0.6) is 0 Å². The van der Waals surface area contributed by atoms with Crippen LogP contribution >= 0.6 is 12.4 Å². The molecule has 0 aliphatic carbocycles. The van der Waals surface area contributed by atoms with Crippen LogP contribution in [0.1, 0.15) is 34.6 Å². The number of piperidine rings is 3. The molecule has 0 radical (unpaired) electrons. The van der Waals surface area contributed by atoms with E-state index >= 15 is 0 Å². The van der Waals surface area contributed by atoms with E-state index in [1.807, 2.05) is 60.7 Å². The summed E-state index contributed by atoms with van der Waals surface area (Å²) in [4.78, 5) is 14.3. The summed E-state index contributed by atoms with van der Waals surface area (Å²) in [6.45, 7) is 0.821. The van der Waals surface area contributed by atoms with Crippen molar-refractivity contribution < 1.29 is 32.2 Å². The van der Waals surface area contributed by atoms with Crippen molar-refractivity contribution in [1.29, 1.82) is 0 Å². The zero-order valence-electron chi connectivity index (χ0n) is 20.4. The van der Waals surface area contributed by atoms with Gasteiger partial charge in [-0.05, 0) is 47.9 Å². The molecule has 3 aromatic rings. The molecule has 3 aliphatic heterocycles. The lowest BCUT2D eigenvalue weighted by Crippen LogP contribution is -2.65. The molecular weight excluding hydrogens is 522 g/mol. The molecule has 3 saturated heterocycles. The van der Waals surface area contributed by atoms with Crippen LogP contribution in [0.2, 0.25) is 0 Å². The number of hydrogen-bond donors (Lipinski definition) is 1. The van der Waals surface area contributed by atoms with Gasteiger partial charge in [0.15, 0.2) is 0 Å². The lowest BCUT2D eigenvalue weighted by atomic mass is 9.68. The fourth-order valence-corrected chi connectivity index (χ4v) is 6.00. The third-order valence-corrected chi connectivity index (χ3v) is 7.58. The largest absolute Gasteiger partial charge is 0.481 e. The molecule has 0 spiro atoms. The average Bonchev–Trinajstić information content (AvgIpc) is 2.89. The lowest BCUT2D eigenvalue weighted by molar-refractivity contribution is -0.172. The van der Waals surface area contributed by atoms with Crippen LogP contribution in [-0.4, -0.2) is 41.2 Å². The number of fused-ring (bicyclic) bond motifs is 3. The summed E-state index contributed by atoms with van der Waals surface area (Å²) >= 11 is 0. The van der Waals surface area contributed by atoms with Crippen LogP contribution in [0.15, 0.2) is 78.9 Å². The lowest BCUT2D eigenvalue weighted by Gasteiger charge is -2.55. The Kier molecular flexibility index (Phi) is 8.45. The third kappa shape index (κ3) is 5.72. The summed E-state index contributed by atoms with van der Waals surface area (Å²) in [6.07, 6.45) is -4.66. The zero-order chi connectivity index (χ0) is 26.2. The summed E-state index contributed by atoms with van der Waals surface area (Å²) in [5, 5.41) is 9.93. The Labute approximate surface area is 224 Å². The first kappa shape index (κ1) is 28.1. The van der Waals surface area contributed by atoms with E-state index in [-0.39, 0.29) is 42.5 Å². The van der Waals surface area contributed by atoms with Crippen molar-refractivity contribution in [1.82, 2.24) is 4.90 Å². The molecule has 1 N–H and O–H groups in total. The molecule has 38 heavy (non-hydrogen) atoms.